The summed E-state index contributed by atoms with van der Waals surface area (Å²) in [7, 11) is 3.91. The van der Waals surface area contributed by atoms with Gasteiger partial charge in [0.15, 0.2) is 0 Å². The lowest BCUT2D eigenvalue weighted by Gasteiger charge is -2.14. The van der Waals surface area contributed by atoms with E-state index in [-0.39, 0.29) is 5.56 Å². The van der Waals surface area contributed by atoms with Gasteiger partial charge in [-0.3, -0.25) is 0 Å². The van der Waals surface area contributed by atoms with Crippen LogP contribution >= 0.6 is 0 Å². The summed E-state index contributed by atoms with van der Waals surface area (Å²) in [6.45, 7) is 0.424. The minimum Gasteiger partial charge on any atom is -0.478 e. The Bertz CT molecular complexity index is 656. The number of hydrogen-bond donors (Lipinski definition) is 2. The van der Waals surface area contributed by atoms with E-state index in [1.807, 2.05) is 43.3 Å². The van der Waals surface area contributed by atoms with E-state index in [1.54, 1.807) is 6.07 Å². The number of nitrogens with zero attached hydrogens (tertiary/aromatic N) is 1. The Hall–Kier alpha value is -2.56. The molecular weight excluding hydrogens is 271 g/mol. The molecule has 2 aromatic rings. The number of hydrogen-bond acceptors (Lipinski definition) is 3. The Morgan fingerprint density at radius 2 is 2.00 bits per heavy atom. The van der Waals surface area contributed by atoms with Crippen LogP contribution in [0.4, 0.5) is 15.8 Å². The predicted octanol–water partition coefficient (Wildman–Crippen LogP) is 3.20. The van der Waals surface area contributed by atoms with E-state index >= 15 is 0 Å². The van der Waals surface area contributed by atoms with Crippen molar-refractivity contribution in [3.8, 4) is 0 Å². The van der Waals surface area contributed by atoms with Gasteiger partial charge >= 0.3 is 5.97 Å². The van der Waals surface area contributed by atoms with Gasteiger partial charge in [-0.15, -0.1) is 0 Å². The van der Waals surface area contributed by atoms with Gasteiger partial charge in [0, 0.05) is 32.0 Å². The predicted molar refractivity (Wildman–Crippen MR) is 81.5 cm³/mol. The molecule has 0 aromatic heterocycles. The van der Waals surface area contributed by atoms with Crippen LogP contribution in [0.3, 0.4) is 0 Å². The third kappa shape index (κ3) is 3.72. The molecule has 0 saturated heterocycles. The Morgan fingerprint density at radius 1 is 1.24 bits per heavy atom. The van der Waals surface area contributed by atoms with Gasteiger partial charge in [-0.05, 0) is 35.9 Å². The summed E-state index contributed by atoms with van der Waals surface area (Å²) in [5, 5.41) is 12.0. The average molecular weight is 288 g/mol. The first-order chi connectivity index (χ1) is 9.97. The SMILES string of the molecule is CN(C)c1cccc(NCc2ccc(C(=O)O)c(F)c2)c1. The van der Waals surface area contributed by atoms with Crippen LogP contribution < -0.4 is 10.2 Å². The van der Waals surface area contributed by atoms with E-state index in [1.165, 1.54) is 12.1 Å². The maximum absolute atomic E-state index is 13.6. The zero-order valence-corrected chi connectivity index (χ0v) is 11.9. The molecule has 0 aliphatic heterocycles. The topological polar surface area (TPSA) is 52.6 Å². The summed E-state index contributed by atoms with van der Waals surface area (Å²) in [6.07, 6.45) is 0. The molecule has 5 heteroatoms. The number of anilines is 2. The van der Waals surface area contributed by atoms with Crippen molar-refractivity contribution < 1.29 is 14.3 Å². The summed E-state index contributed by atoms with van der Waals surface area (Å²) >= 11 is 0. The van der Waals surface area contributed by atoms with Gasteiger partial charge in [0.1, 0.15) is 5.82 Å². The zero-order chi connectivity index (χ0) is 15.4. The molecule has 2 N–H and O–H groups in total. The molecule has 0 bridgehead atoms. The highest BCUT2D eigenvalue weighted by Gasteiger charge is 2.10. The zero-order valence-electron chi connectivity index (χ0n) is 11.9. The van der Waals surface area contributed by atoms with Gasteiger partial charge in [-0.25, -0.2) is 9.18 Å². The molecule has 110 valence electrons. The third-order valence-corrected chi connectivity index (χ3v) is 3.12. The highest BCUT2D eigenvalue weighted by molar-refractivity contribution is 5.87. The number of carbonyl (C=O) groups is 1. The van der Waals surface area contributed by atoms with Gasteiger partial charge in [-0.1, -0.05) is 12.1 Å². The first kappa shape index (κ1) is 14.8. The first-order valence-electron chi connectivity index (χ1n) is 6.50. The molecule has 0 aliphatic rings. The molecule has 0 saturated carbocycles. The van der Waals surface area contributed by atoms with Crippen molar-refractivity contribution in [2.75, 3.05) is 24.3 Å². The number of carboxylic acids is 1. The molecule has 21 heavy (non-hydrogen) atoms. The lowest BCUT2D eigenvalue weighted by Crippen LogP contribution is -2.09. The molecule has 0 amide bonds. The molecule has 0 heterocycles. The Kier molecular flexibility index (Phi) is 4.42. The van der Waals surface area contributed by atoms with Crippen LogP contribution in [0.15, 0.2) is 42.5 Å². The van der Waals surface area contributed by atoms with Gasteiger partial charge in [-0.2, -0.15) is 0 Å². The van der Waals surface area contributed by atoms with Crippen LogP contribution in [0.25, 0.3) is 0 Å². The van der Waals surface area contributed by atoms with Gasteiger partial charge in [0.25, 0.3) is 0 Å². The fourth-order valence-electron chi connectivity index (χ4n) is 1.94. The third-order valence-electron chi connectivity index (χ3n) is 3.12. The molecule has 0 unspecified atom stereocenters. The summed E-state index contributed by atoms with van der Waals surface area (Å²) in [4.78, 5) is 12.7. The van der Waals surface area contributed by atoms with Crippen LogP contribution in [0.1, 0.15) is 15.9 Å². The second kappa shape index (κ2) is 6.26. The Balaban J connectivity index is 2.08. The van der Waals surface area contributed by atoms with Gasteiger partial charge in [0.05, 0.1) is 5.56 Å². The normalized spacial score (nSPS) is 10.2. The molecule has 0 spiro atoms. The smallest absolute Gasteiger partial charge is 0.338 e. The standard InChI is InChI=1S/C16H17FN2O2/c1-19(2)13-5-3-4-12(9-13)18-10-11-6-7-14(16(20)21)15(17)8-11/h3-9,18H,10H2,1-2H3,(H,20,21). The second-order valence-corrected chi connectivity index (χ2v) is 4.92. The summed E-state index contributed by atoms with van der Waals surface area (Å²) < 4.78 is 13.6. The van der Waals surface area contributed by atoms with Crippen molar-refractivity contribution in [1.29, 1.82) is 0 Å². The number of benzene rings is 2. The van der Waals surface area contributed by atoms with Crippen LogP contribution in [0, 0.1) is 5.82 Å². The molecule has 0 fully saturated rings. The van der Waals surface area contributed by atoms with Crippen LogP contribution in [-0.2, 0) is 6.54 Å². The lowest BCUT2D eigenvalue weighted by atomic mass is 10.1. The Morgan fingerprint density at radius 3 is 2.62 bits per heavy atom. The van der Waals surface area contributed by atoms with Crippen LogP contribution in [-0.4, -0.2) is 25.2 Å². The quantitative estimate of drug-likeness (QED) is 0.887. The molecule has 2 rings (SSSR count). The van der Waals surface area contributed by atoms with E-state index in [0.717, 1.165) is 11.4 Å². The first-order valence-corrected chi connectivity index (χ1v) is 6.50. The summed E-state index contributed by atoms with van der Waals surface area (Å²) in [5.74, 6) is -1.98. The molecule has 0 aliphatic carbocycles. The highest BCUT2D eigenvalue weighted by atomic mass is 19.1. The average Bonchev–Trinajstić information content (AvgIpc) is 2.45. The minimum absolute atomic E-state index is 0.312. The van der Waals surface area contributed by atoms with Crippen molar-refractivity contribution in [2.45, 2.75) is 6.54 Å². The second-order valence-electron chi connectivity index (χ2n) is 4.92. The van der Waals surface area contributed by atoms with Crippen molar-refractivity contribution in [1.82, 2.24) is 0 Å². The number of nitrogens with one attached hydrogen (secondary N) is 1. The van der Waals surface area contributed by atoms with E-state index in [4.69, 9.17) is 5.11 Å². The van der Waals surface area contributed by atoms with Crippen molar-refractivity contribution in [3.63, 3.8) is 0 Å². The monoisotopic (exact) mass is 288 g/mol. The highest BCUT2D eigenvalue weighted by Crippen LogP contribution is 2.18. The lowest BCUT2D eigenvalue weighted by molar-refractivity contribution is 0.0692. The van der Waals surface area contributed by atoms with E-state index in [9.17, 15) is 9.18 Å². The van der Waals surface area contributed by atoms with Crippen molar-refractivity contribution in [2.24, 2.45) is 0 Å². The maximum Gasteiger partial charge on any atom is 0.338 e. The molecular formula is C16H17FN2O2. The number of aromatic carboxylic acids is 1. The fraction of sp³-hybridized carbons (Fsp3) is 0.188. The number of halogens is 1. The fourth-order valence-corrected chi connectivity index (χ4v) is 1.94. The largest absolute Gasteiger partial charge is 0.478 e. The van der Waals surface area contributed by atoms with Crippen molar-refractivity contribution in [3.05, 3.63) is 59.4 Å². The van der Waals surface area contributed by atoms with Crippen molar-refractivity contribution >= 4 is 17.3 Å². The van der Waals surface area contributed by atoms with E-state index in [0.29, 0.717) is 12.1 Å². The van der Waals surface area contributed by atoms with Gasteiger partial charge < -0.3 is 15.3 Å². The molecule has 2 aromatic carbocycles. The van der Waals surface area contributed by atoms with Crippen LogP contribution in [0.5, 0.6) is 0 Å². The molecule has 0 radical (unpaired) electrons. The summed E-state index contributed by atoms with van der Waals surface area (Å²) in [5.41, 5.74) is 2.36. The Labute approximate surface area is 122 Å². The number of carboxylic acid groups (broad SMARTS) is 1. The van der Waals surface area contributed by atoms with E-state index < -0.39 is 11.8 Å². The van der Waals surface area contributed by atoms with Gasteiger partial charge in [0.2, 0.25) is 0 Å². The maximum atomic E-state index is 13.6. The number of rotatable bonds is 5. The molecule has 0 atom stereocenters. The van der Waals surface area contributed by atoms with Crippen LogP contribution in [0.2, 0.25) is 0 Å². The summed E-state index contributed by atoms with van der Waals surface area (Å²) in [6, 6.07) is 12.0. The van der Waals surface area contributed by atoms with E-state index in [2.05, 4.69) is 5.32 Å². The molecule has 4 nitrogen and oxygen atoms in total. The minimum atomic E-state index is -1.26.